The van der Waals surface area contributed by atoms with Gasteiger partial charge in [0, 0.05) is 32.3 Å². The lowest BCUT2D eigenvalue weighted by Gasteiger charge is -2.20. The van der Waals surface area contributed by atoms with Crippen LogP contribution < -0.4 is 4.90 Å². The quantitative estimate of drug-likeness (QED) is 0.818. The van der Waals surface area contributed by atoms with Gasteiger partial charge in [-0.1, -0.05) is 16.9 Å². The van der Waals surface area contributed by atoms with Crippen LogP contribution in [0.15, 0.2) is 11.6 Å². The predicted molar refractivity (Wildman–Crippen MR) is 78.9 cm³/mol. The second-order valence-corrected chi connectivity index (χ2v) is 6.37. The van der Waals surface area contributed by atoms with Gasteiger partial charge in [0.15, 0.2) is 0 Å². The molecule has 0 aliphatic carbocycles. The summed E-state index contributed by atoms with van der Waals surface area (Å²) in [7, 11) is 0. The molecule has 1 aliphatic heterocycles. The first-order valence-electron chi connectivity index (χ1n) is 6.62. The molecule has 110 valence electrons. The van der Waals surface area contributed by atoms with Crippen LogP contribution in [0.25, 0.3) is 0 Å². The third-order valence-corrected chi connectivity index (χ3v) is 3.91. The standard InChI is InChI=1S/C13H20N4O2S/c1-9(2)6-12(19)16-4-5-17(8-11(18)7-16)13-15-14-10(3)20-13/h6,11,18H,4-5,7-8H2,1-3H3/t11-/m1/s1. The first kappa shape index (κ1) is 14.9. The Balaban J connectivity index is 2.07. The van der Waals surface area contributed by atoms with Crippen LogP contribution in [0.2, 0.25) is 0 Å². The van der Waals surface area contributed by atoms with Gasteiger partial charge in [-0.25, -0.2) is 0 Å². The zero-order valence-corrected chi connectivity index (χ0v) is 12.9. The largest absolute Gasteiger partial charge is 0.389 e. The fourth-order valence-electron chi connectivity index (χ4n) is 2.12. The van der Waals surface area contributed by atoms with E-state index in [1.54, 1.807) is 11.0 Å². The van der Waals surface area contributed by atoms with Crippen molar-refractivity contribution in [2.45, 2.75) is 26.9 Å². The molecule has 0 spiro atoms. The maximum Gasteiger partial charge on any atom is 0.246 e. The zero-order valence-electron chi connectivity index (χ0n) is 12.0. The molecular weight excluding hydrogens is 276 g/mol. The van der Waals surface area contributed by atoms with Gasteiger partial charge < -0.3 is 14.9 Å². The Kier molecular flexibility index (Phi) is 4.72. The lowest BCUT2D eigenvalue weighted by atomic mass is 10.3. The van der Waals surface area contributed by atoms with Crippen molar-refractivity contribution in [2.75, 3.05) is 31.1 Å². The number of aromatic nitrogens is 2. The van der Waals surface area contributed by atoms with Crippen molar-refractivity contribution >= 4 is 22.4 Å². The average Bonchev–Trinajstić information content (AvgIpc) is 2.67. The number of nitrogens with zero attached hydrogens (tertiary/aromatic N) is 4. The minimum atomic E-state index is -0.573. The van der Waals surface area contributed by atoms with Gasteiger partial charge in [-0.3, -0.25) is 4.79 Å². The van der Waals surface area contributed by atoms with Crippen molar-refractivity contribution in [1.29, 1.82) is 0 Å². The van der Waals surface area contributed by atoms with Gasteiger partial charge in [-0.15, -0.1) is 10.2 Å². The van der Waals surface area contributed by atoms with E-state index in [0.29, 0.717) is 26.2 Å². The fourth-order valence-corrected chi connectivity index (χ4v) is 2.84. The minimum Gasteiger partial charge on any atom is -0.389 e. The molecule has 0 radical (unpaired) electrons. The van der Waals surface area contributed by atoms with E-state index in [-0.39, 0.29) is 5.91 Å². The molecule has 2 rings (SSSR count). The van der Waals surface area contributed by atoms with Crippen LogP contribution >= 0.6 is 11.3 Å². The van der Waals surface area contributed by atoms with Crippen molar-refractivity contribution in [2.24, 2.45) is 0 Å². The van der Waals surface area contributed by atoms with Crippen molar-refractivity contribution < 1.29 is 9.90 Å². The SMILES string of the molecule is CC(C)=CC(=O)N1CCN(c2nnc(C)s2)C[C@H](O)C1. The number of allylic oxidation sites excluding steroid dienone is 1. The highest BCUT2D eigenvalue weighted by atomic mass is 32.1. The van der Waals surface area contributed by atoms with Crippen LogP contribution in [0.4, 0.5) is 5.13 Å². The van der Waals surface area contributed by atoms with E-state index in [1.165, 1.54) is 11.3 Å². The first-order chi connectivity index (χ1) is 9.45. The Bertz CT molecular complexity index is 510. The molecule has 0 saturated carbocycles. The summed E-state index contributed by atoms with van der Waals surface area (Å²) in [5.41, 5.74) is 0.963. The Labute approximate surface area is 122 Å². The number of hydrogen-bond acceptors (Lipinski definition) is 6. The molecule has 1 aromatic heterocycles. The molecule has 20 heavy (non-hydrogen) atoms. The number of aryl methyl sites for hydroxylation is 1. The van der Waals surface area contributed by atoms with E-state index >= 15 is 0 Å². The van der Waals surface area contributed by atoms with E-state index in [4.69, 9.17) is 0 Å². The summed E-state index contributed by atoms with van der Waals surface area (Å²) in [6.45, 7) is 7.77. The number of aliphatic hydroxyl groups excluding tert-OH is 1. The van der Waals surface area contributed by atoms with Gasteiger partial charge in [-0.05, 0) is 20.8 Å². The summed E-state index contributed by atoms with van der Waals surface area (Å²) in [5.74, 6) is -0.0423. The van der Waals surface area contributed by atoms with Crippen LogP contribution in [-0.2, 0) is 4.79 Å². The van der Waals surface area contributed by atoms with E-state index in [2.05, 4.69) is 10.2 Å². The molecule has 0 aromatic carbocycles. The van der Waals surface area contributed by atoms with Crippen LogP contribution in [0, 0.1) is 6.92 Å². The number of hydrogen-bond donors (Lipinski definition) is 1. The molecule has 6 nitrogen and oxygen atoms in total. The summed E-state index contributed by atoms with van der Waals surface area (Å²) in [6, 6.07) is 0. The van der Waals surface area contributed by atoms with E-state index in [1.807, 2.05) is 25.7 Å². The Morgan fingerprint density at radius 3 is 2.70 bits per heavy atom. The second-order valence-electron chi connectivity index (χ2n) is 5.21. The van der Waals surface area contributed by atoms with Gasteiger partial charge in [0.25, 0.3) is 0 Å². The van der Waals surface area contributed by atoms with Gasteiger partial charge in [0.1, 0.15) is 5.01 Å². The van der Waals surface area contributed by atoms with E-state index in [9.17, 15) is 9.90 Å². The molecule has 1 amide bonds. The Hall–Kier alpha value is -1.47. The number of rotatable bonds is 2. The molecule has 2 heterocycles. The van der Waals surface area contributed by atoms with Crippen molar-refractivity contribution in [3.8, 4) is 0 Å². The molecule has 0 bridgehead atoms. The molecular formula is C13H20N4O2S. The van der Waals surface area contributed by atoms with E-state index in [0.717, 1.165) is 15.7 Å². The molecule has 1 saturated heterocycles. The summed E-state index contributed by atoms with van der Waals surface area (Å²) >= 11 is 1.50. The molecule has 7 heteroatoms. The second kappa shape index (κ2) is 6.32. The zero-order chi connectivity index (χ0) is 14.7. The molecule has 1 aromatic rings. The van der Waals surface area contributed by atoms with E-state index < -0.39 is 6.10 Å². The predicted octanol–water partition coefficient (Wildman–Crippen LogP) is 0.822. The van der Waals surface area contributed by atoms with Crippen molar-refractivity contribution in [3.63, 3.8) is 0 Å². The number of carbonyl (C=O) groups is 1. The summed E-state index contributed by atoms with van der Waals surface area (Å²) in [5, 5.41) is 19.9. The van der Waals surface area contributed by atoms with Gasteiger partial charge in [0.05, 0.1) is 6.10 Å². The topological polar surface area (TPSA) is 69.6 Å². The number of anilines is 1. The highest BCUT2D eigenvalue weighted by Gasteiger charge is 2.25. The fraction of sp³-hybridized carbons (Fsp3) is 0.615. The highest BCUT2D eigenvalue weighted by Crippen LogP contribution is 2.21. The Morgan fingerprint density at radius 1 is 1.35 bits per heavy atom. The molecule has 1 N–H and O–H groups in total. The van der Waals surface area contributed by atoms with Gasteiger partial charge in [-0.2, -0.15) is 0 Å². The van der Waals surface area contributed by atoms with Crippen molar-refractivity contribution in [3.05, 3.63) is 16.7 Å². The third-order valence-electron chi connectivity index (χ3n) is 3.01. The summed E-state index contributed by atoms with van der Waals surface area (Å²) < 4.78 is 0. The average molecular weight is 296 g/mol. The van der Waals surface area contributed by atoms with Crippen LogP contribution in [0.5, 0.6) is 0 Å². The monoisotopic (exact) mass is 296 g/mol. The lowest BCUT2D eigenvalue weighted by molar-refractivity contribution is -0.126. The third kappa shape index (κ3) is 3.77. The van der Waals surface area contributed by atoms with Crippen molar-refractivity contribution in [1.82, 2.24) is 15.1 Å². The number of amides is 1. The first-order valence-corrected chi connectivity index (χ1v) is 7.44. The molecule has 0 unspecified atom stereocenters. The highest BCUT2D eigenvalue weighted by molar-refractivity contribution is 7.15. The normalized spacial score (nSPS) is 19.7. The minimum absolute atomic E-state index is 0.0423. The van der Waals surface area contributed by atoms with Crippen LogP contribution in [0.1, 0.15) is 18.9 Å². The number of carbonyl (C=O) groups excluding carboxylic acids is 1. The molecule has 1 fully saturated rings. The Morgan fingerprint density at radius 2 is 2.10 bits per heavy atom. The smallest absolute Gasteiger partial charge is 0.246 e. The molecule has 1 aliphatic rings. The number of aliphatic hydroxyl groups is 1. The number of β-amino-alcohol motifs (C(OH)–C–C–N with tert-alkyl or cyclic N) is 1. The van der Waals surface area contributed by atoms with Crippen LogP contribution in [0.3, 0.4) is 0 Å². The van der Waals surface area contributed by atoms with Gasteiger partial charge in [0.2, 0.25) is 11.0 Å². The summed E-state index contributed by atoms with van der Waals surface area (Å²) in [4.78, 5) is 15.7. The maximum atomic E-state index is 12.0. The summed E-state index contributed by atoms with van der Waals surface area (Å²) in [6.07, 6.45) is 1.04. The lowest BCUT2D eigenvalue weighted by Crippen LogP contribution is -2.36. The van der Waals surface area contributed by atoms with Crippen LogP contribution in [-0.4, -0.2) is 58.4 Å². The molecule has 1 atom stereocenters. The van der Waals surface area contributed by atoms with Gasteiger partial charge >= 0.3 is 0 Å². The maximum absolute atomic E-state index is 12.0.